The molecule has 1 aromatic rings. The predicted octanol–water partition coefficient (Wildman–Crippen LogP) is 2.84. The molecule has 0 saturated carbocycles. The molecule has 0 aliphatic carbocycles. The van der Waals surface area contributed by atoms with Crippen molar-refractivity contribution < 1.29 is 9.53 Å². The fraction of sp³-hybridized carbons (Fsp3) is 0.308. The van der Waals surface area contributed by atoms with Crippen LogP contribution in [0.1, 0.15) is 23.2 Å². The monoisotopic (exact) mass is 202 g/mol. The number of fused-ring (bicyclic) bond motifs is 1. The van der Waals surface area contributed by atoms with Gasteiger partial charge in [0.25, 0.3) is 0 Å². The lowest BCUT2D eigenvalue weighted by molar-refractivity contribution is 0.0822. The van der Waals surface area contributed by atoms with E-state index >= 15 is 0 Å². The molecule has 1 heterocycles. The third-order valence-corrected chi connectivity index (χ3v) is 2.68. The van der Waals surface area contributed by atoms with Crippen LogP contribution in [0.15, 0.2) is 36.9 Å². The third kappa shape index (κ3) is 1.94. The summed E-state index contributed by atoms with van der Waals surface area (Å²) in [4.78, 5) is 12.0. The second-order valence-electron chi connectivity index (χ2n) is 3.73. The van der Waals surface area contributed by atoms with E-state index in [0.29, 0.717) is 6.61 Å². The Morgan fingerprint density at radius 1 is 1.47 bits per heavy atom. The molecule has 0 aromatic heterocycles. The van der Waals surface area contributed by atoms with E-state index in [2.05, 4.69) is 6.58 Å². The highest BCUT2D eigenvalue weighted by molar-refractivity contribution is 6.01. The maximum Gasteiger partial charge on any atom is 0.173 e. The van der Waals surface area contributed by atoms with E-state index < -0.39 is 0 Å². The molecule has 2 rings (SSSR count). The van der Waals surface area contributed by atoms with Gasteiger partial charge in [-0.2, -0.15) is 0 Å². The number of hydrogen-bond donors (Lipinski definition) is 0. The zero-order valence-electron chi connectivity index (χ0n) is 8.61. The van der Waals surface area contributed by atoms with E-state index in [9.17, 15) is 4.79 Å². The molecular formula is C13H14O2. The van der Waals surface area contributed by atoms with Crippen LogP contribution in [0.4, 0.5) is 0 Å². The van der Waals surface area contributed by atoms with Gasteiger partial charge < -0.3 is 4.74 Å². The number of carbonyl (C=O) groups excluding carboxylic acids is 1. The van der Waals surface area contributed by atoms with E-state index in [0.717, 1.165) is 24.2 Å². The first-order valence-electron chi connectivity index (χ1n) is 5.20. The van der Waals surface area contributed by atoms with Crippen molar-refractivity contribution in [1.29, 1.82) is 0 Å². The minimum Gasteiger partial charge on any atom is -0.492 e. The molecule has 0 fully saturated rings. The summed E-state index contributed by atoms with van der Waals surface area (Å²) in [7, 11) is 0. The Morgan fingerprint density at radius 2 is 2.27 bits per heavy atom. The van der Waals surface area contributed by atoms with Crippen molar-refractivity contribution in [2.45, 2.75) is 12.8 Å². The van der Waals surface area contributed by atoms with Crippen LogP contribution in [0.2, 0.25) is 0 Å². The van der Waals surface area contributed by atoms with Crippen molar-refractivity contribution in [2.24, 2.45) is 5.92 Å². The van der Waals surface area contributed by atoms with Crippen LogP contribution in [-0.2, 0) is 0 Å². The molecule has 0 amide bonds. The molecule has 0 saturated heterocycles. The lowest BCUT2D eigenvalue weighted by Crippen LogP contribution is -2.27. The number of rotatable bonds is 3. The molecule has 0 bridgehead atoms. The first-order valence-corrected chi connectivity index (χ1v) is 5.20. The third-order valence-electron chi connectivity index (χ3n) is 2.68. The summed E-state index contributed by atoms with van der Waals surface area (Å²) >= 11 is 0. The minimum atomic E-state index is -0.00194. The first kappa shape index (κ1) is 9.97. The largest absolute Gasteiger partial charge is 0.492 e. The Morgan fingerprint density at radius 3 is 3.07 bits per heavy atom. The van der Waals surface area contributed by atoms with Gasteiger partial charge in [0.1, 0.15) is 5.75 Å². The molecule has 0 N–H and O–H groups in total. The van der Waals surface area contributed by atoms with E-state index in [1.807, 2.05) is 30.3 Å². The van der Waals surface area contributed by atoms with Crippen LogP contribution in [0.25, 0.3) is 0 Å². The van der Waals surface area contributed by atoms with E-state index in [1.54, 1.807) is 0 Å². The lowest BCUT2D eigenvalue weighted by Gasteiger charge is -2.23. The molecule has 2 heteroatoms. The summed E-state index contributed by atoms with van der Waals surface area (Å²) in [5.74, 6) is 0.925. The highest BCUT2D eigenvalue weighted by Gasteiger charge is 2.27. The van der Waals surface area contributed by atoms with Crippen molar-refractivity contribution >= 4 is 5.78 Å². The Labute approximate surface area is 89.6 Å². The molecule has 1 unspecified atom stereocenters. The first-order chi connectivity index (χ1) is 7.33. The van der Waals surface area contributed by atoms with Gasteiger partial charge in [0.05, 0.1) is 18.1 Å². The number of Topliss-reactive ketones (excluding diaryl/α,β-unsaturated/α-hetero) is 1. The van der Waals surface area contributed by atoms with Crippen molar-refractivity contribution in [1.82, 2.24) is 0 Å². The summed E-state index contributed by atoms with van der Waals surface area (Å²) in [5.41, 5.74) is 0.720. The standard InChI is InChI=1S/C13H14O2/c1-2-3-6-10-9-15-12-8-5-4-7-11(12)13(10)14/h2,4-5,7-8,10H,1,3,6,9H2. The molecule has 1 aliphatic rings. The molecule has 1 atom stereocenters. The summed E-state index contributed by atoms with van der Waals surface area (Å²) in [6.07, 6.45) is 3.53. The molecule has 2 nitrogen and oxygen atoms in total. The average Bonchev–Trinajstić information content (AvgIpc) is 2.29. The van der Waals surface area contributed by atoms with E-state index in [4.69, 9.17) is 4.74 Å². The Balaban J connectivity index is 2.18. The zero-order chi connectivity index (χ0) is 10.7. The lowest BCUT2D eigenvalue weighted by atomic mass is 9.91. The highest BCUT2D eigenvalue weighted by atomic mass is 16.5. The van der Waals surface area contributed by atoms with Gasteiger partial charge in [0.15, 0.2) is 5.78 Å². The molecule has 1 aromatic carbocycles. The highest BCUT2D eigenvalue weighted by Crippen LogP contribution is 2.28. The van der Waals surface area contributed by atoms with Gasteiger partial charge in [-0.15, -0.1) is 6.58 Å². The number of benzene rings is 1. The van der Waals surface area contributed by atoms with Gasteiger partial charge in [-0.3, -0.25) is 4.79 Å². The van der Waals surface area contributed by atoms with Gasteiger partial charge in [-0.1, -0.05) is 18.2 Å². The predicted molar refractivity (Wildman–Crippen MR) is 59.2 cm³/mol. The maximum atomic E-state index is 12.0. The zero-order valence-corrected chi connectivity index (χ0v) is 8.61. The summed E-state index contributed by atoms with van der Waals surface area (Å²) in [5, 5.41) is 0. The van der Waals surface area contributed by atoms with Gasteiger partial charge in [-0.05, 0) is 25.0 Å². The fourth-order valence-corrected chi connectivity index (χ4v) is 1.82. The second-order valence-corrected chi connectivity index (χ2v) is 3.73. The number of allylic oxidation sites excluding steroid dienone is 1. The van der Waals surface area contributed by atoms with Crippen molar-refractivity contribution in [3.8, 4) is 5.75 Å². The second kappa shape index (κ2) is 4.30. The molecule has 0 radical (unpaired) electrons. The quantitative estimate of drug-likeness (QED) is 0.704. The van der Waals surface area contributed by atoms with Crippen molar-refractivity contribution in [3.63, 3.8) is 0 Å². The summed E-state index contributed by atoms with van der Waals surface area (Å²) in [6, 6.07) is 7.43. The van der Waals surface area contributed by atoms with Crippen LogP contribution >= 0.6 is 0 Å². The van der Waals surface area contributed by atoms with Crippen molar-refractivity contribution in [3.05, 3.63) is 42.5 Å². The number of para-hydroxylation sites is 1. The summed E-state index contributed by atoms with van der Waals surface area (Å²) in [6.45, 7) is 4.17. The van der Waals surface area contributed by atoms with Gasteiger partial charge in [-0.25, -0.2) is 0 Å². The van der Waals surface area contributed by atoms with Crippen LogP contribution in [0.5, 0.6) is 5.75 Å². The SMILES string of the molecule is C=CCCC1COc2ccccc2C1=O. The maximum absolute atomic E-state index is 12.0. The van der Waals surface area contributed by atoms with Crippen LogP contribution in [-0.4, -0.2) is 12.4 Å². The molecule has 0 spiro atoms. The average molecular weight is 202 g/mol. The van der Waals surface area contributed by atoms with Gasteiger partial charge in [0.2, 0.25) is 0 Å². The van der Waals surface area contributed by atoms with Crippen LogP contribution < -0.4 is 4.74 Å². The fourth-order valence-electron chi connectivity index (χ4n) is 1.82. The number of carbonyl (C=O) groups is 1. The molecule has 78 valence electrons. The number of hydrogen-bond acceptors (Lipinski definition) is 2. The van der Waals surface area contributed by atoms with Gasteiger partial charge in [0, 0.05) is 0 Å². The Kier molecular flexibility index (Phi) is 2.86. The minimum absolute atomic E-state index is 0.00194. The number of ketones is 1. The van der Waals surface area contributed by atoms with E-state index in [1.165, 1.54) is 0 Å². The Hall–Kier alpha value is -1.57. The van der Waals surface area contributed by atoms with Crippen molar-refractivity contribution in [2.75, 3.05) is 6.61 Å². The van der Waals surface area contributed by atoms with Crippen LogP contribution in [0, 0.1) is 5.92 Å². The topological polar surface area (TPSA) is 26.3 Å². The van der Waals surface area contributed by atoms with Crippen LogP contribution in [0.3, 0.4) is 0 Å². The smallest absolute Gasteiger partial charge is 0.173 e. The molecular weight excluding hydrogens is 188 g/mol. The molecule has 1 aliphatic heterocycles. The molecule has 15 heavy (non-hydrogen) atoms. The normalized spacial score (nSPS) is 19.2. The van der Waals surface area contributed by atoms with Gasteiger partial charge >= 0.3 is 0 Å². The Bertz CT molecular complexity index is 382. The van der Waals surface area contributed by atoms with E-state index in [-0.39, 0.29) is 11.7 Å². The summed E-state index contributed by atoms with van der Waals surface area (Å²) < 4.78 is 5.55. The number of ether oxygens (including phenoxy) is 1.